The second-order valence-corrected chi connectivity index (χ2v) is 11.2. The SMILES string of the molecule is CCCCC(CC1C=C(C(C)(C)C(C)C)C(O)C(C(C)(C)C)C1)(C(O)O)C(O)O. The molecule has 172 valence electrons. The molecule has 0 heterocycles. The first-order chi connectivity index (χ1) is 13.1. The first-order valence-electron chi connectivity index (χ1n) is 11.2. The lowest BCUT2D eigenvalue weighted by Crippen LogP contribution is -2.49. The zero-order valence-corrected chi connectivity index (χ0v) is 19.8. The standard InChI is InChI=1S/C24H46O5/c1-9-10-11-24(20(26)27,21(28)29)14-16-12-17(22(4,5)6)19(25)18(13-16)23(7,8)15(2)3/h13,15-17,19-21,25-29H,9-12,14H2,1-8H3. The molecule has 29 heavy (non-hydrogen) atoms. The van der Waals surface area contributed by atoms with E-state index in [2.05, 4.69) is 54.5 Å². The maximum Gasteiger partial charge on any atom is 0.162 e. The molecule has 1 rings (SSSR count). The highest BCUT2D eigenvalue weighted by atomic mass is 16.5. The minimum absolute atomic E-state index is 0.000992. The van der Waals surface area contributed by atoms with E-state index in [0.29, 0.717) is 25.2 Å². The molecule has 0 radical (unpaired) electrons. The monoisotopic (exact) mass is 414 g/mol. The van der Waals surface area contributed by atoms with Crippen LogP contribution >= 0.6 is 0 Å². The molecule has 3 unspecified atom stereocenters. The summed E-state index contributed by atoms with van der Waals surface area (Å²) in [5, 5.41) is 51.8. The van der Waals surface area contributed by atoms with Gasteiger partial charge in [-0.3, -0.25) is 0 Å². The van der Waals surface area contributed by atoms with Crippen LogP contribution in [-0.4, -0.2) is 44.2 Å². The Kier molecular flexibility index (Phi) is 8.96. The molecule has 0 aromatic carbocycles. The third-order valence-electron chi connectivity index (χ3n) is 7.64. The van der Waals surface area contributed by atoms with E-state index in [0.717, 1.165) is 12.0 Å². The van der Waals surface area contributed by atoms with Crippen LogP contribution in [0.15, 0.2) is 11.6 Å². The fourth-order valence-corrected chi connectivity index (χ4v) is 4.69. The quantitative estimate of drug-likeness (QED) is 0.292. The first-order valence-corrected chi connectivity index (χ1v) is 11.2. The number of aliphatic hydroxyl groups is 5. The summed E-state index contributed by atoms with van der Waals surface area (Å²) in [6.07, 6.45) is 0.667. The second-order valence-electron chi connectivity index (χ2n) is 11.2. The van der Waals surface area contributed by atoms with E-state index in [-0.39, 0.29) is 29.1 Å². The van der Waals surface area contributed by atoms with Crippen LogP contribution in [0.25, 0.3) is 0 Å². The van der Waals surface area contributed by atoms with E-state index < -0.39 is 24.1 Å². The molecule has 0 amide bonds. The van der Waals surface area contributed by atoms with Crippen LogP contribution in [0.1, 0.15) is 87.5 Å². The smallest absolute Gasteiger partial charge is 0.162 e. The number of aliphatic hydroxyl groups excluding tert-OH is 3. The largest absolute Gasteiger partial charge is 0.388 e. The molecule has 0 saturated heterocycles. The van der Waals surface area contributed by atoms with Crippen LogP contribution in [0.3, 0.4) is 0 Å². The van der Waals surface area contributed by atoms with Crippen LogP contribution in [0.2, 0.25) is 0 Å². The number of rotatable bonds is 9. The topological polar surface area (TPSA) is 101 Å². The minimum atomic E-state index is -1.82. The summed E-state index contributed by atoms with van der Waals surface area (Å²) >= 11 is 0. The van der Waals surface area contributed by atoms with Gasteiger partial charge in [0.25, 0.3) is 0 Å². The molecule has 0 aliphatic heterocycles. The van der Waals surface area contributed by atoms with Crippen molar-refractivity contribution < 1.29 is 25.5 Å². The average molecular weight is 415 g/mol. The van der Waals surface area contributed by atoms with Crippen LogP contribution in [-0.2, 0) is 0 Å². The molecule has 0 saturated carbocycles. The van der Waals surface area contributed by atoms with Gasteiger partial charge in [-0.15, -0.1) is 0 Å². The Hall–Kier alpha value is -0.460. The fraction of sp³-hybridized carbons (Fsp3) is 0.917. The number of hydrogen-bond acceptors (Lipinski definition) is 5. The summed E-state index contributed by atoms with van der Waals surface area (Å²) in [5.41, 5.74) is -0.766. The molecular weight excluding hydrogens is 368 g/mol. The average Bonchev–Trinajstić information content (AvgIpc) is 2.57. The Morgan fingerprint density at radius 3 is 1.90 bits per heavy atom. The van der Waals surface area contributed by atoms with Crippen LogP contribution < -0.4 is 0 Å². The van der Waals surface area contributed by atoms with E-state index in [1.165, 1.54) is 0 Å². The van der Waals surface area contributed by atoms with Crippen molar-refractivity contribution in [3.8, 4) is 0 Å². The summed E-state index contributed by atoms with van der Waals surface area (Å²) in [6, 6.07) is 0. The van der Waals surface area contributed by atoms with Crippen LogP contribution in [0.4, 0.5) is 0 Å². The molecule has 0 bridgehead atoms. The fourth-order valence-electron chi connectivity index (χ4n) is 4.69. The lowest BCUT2D eigenvalue weighted by molar-refractivity contribution is -0.246. The van der Waals surface area contributed by atoms with E-state index in [4.69, 9.17) is 0 Å². The van der Waals surface area contributed by atoms with Gasteiger partial charge >= 0.3 is 0 Å². The van der Waals surface area contributed by atoms with Crippen molar-refractivity contribution >= 4 is 0 Å². The normalized spacial score (nSPS) is 24.6. The number of hydrogen-bond donors (Lipinski definition) is 5. The molecule has 5 N–H and O–H groups in total. The van der Waals surface area contributed by atoms with Crippen LogP contribution in [0.5, 0.6) is 0 Å². The maximum atomic E-state index is 11.3. The molecule has 5 heteroatoms. The van der Waals surface area contributed by atoms with Crippen molar-refractivity contribution in [2.75, 3.05) is 0 Å². The van der Waals surface area contributed by atoms with Gasteiger partial charge < -0.3 is 25.5 Å². The van der Waals surface area contributed by atoms with E-state index in [1.54, 1.807) is 0 Å². The van der Waals surface area contributed by atoms with Crippen molar-refractivity contribution in [2.24, 2.45) is 34.0 Å². The van der Waals surface area contributed by atoms with Crippen molar-refractivity contribution in [1.82, 2.24) is 0 Å². The zero-order chi connectivity index (χ0) is 22.8. The van der Waals surface area contributed by atoms with Gasteiger partial charge in [0, 0.05) is 0 Å². The molecule has 1 aliphatic rings. The third kappa shape index (κ3) is 5.82. The maximum absolute atomic E-state index is 11.3. The number of allylic oxidation sites excluding steroid dienone is 1. The Morgan fingerprint density at radius 2 is 1.52 bits per heavy atom. The van der Waals surface area contributed by atoms with Gasteiger partial charge in [-0.05, 0) is 53.4 Å². The van der Waals surface area contributed by atoms with Gasteiger partial charge in [0.15, 0.2) is 12.6 Å². The van der Waals surface area contributed by atoms with Crippen LogP contribution in [0, 0.1) is 34.0 Å². The van der Waals surface area contributed by atoms with Crippen molar-refractivity contribution in [2.45, 2.75) is 106 Å². The molecule has 0 fully saturated rings. The molecular formula is C24H46O5. The van der Waals surface area contributed by atoms with Gasteiger partial charge in [0.05, 0.1) is 11.5 Å². The summed E-state index contributed by atoms with van der Waals surface area (Å²) in [5.74, 6) is 0.247. The Balaban J connectivity index is 3.43. The van der Waals surface area contributed by atoms with E-state index in [9.17, 15) is 25.5 Å². The molecule has 0 aromatic heterocycles. The van der Waals surface area contributed by atoms with E-state index in [1.807, 2.05) is 6.92 Å². The molecule has 1 aliphatic carbocycles. The minimum Gasteiger partial charge on any atom is -0.388 e. The predicted octanol–water partition coefficient (Wildman–Crippen LogP) is 3.83. The van der Waals surface area contributed by atoms with Gasteiger partial charge in [0.1, 0.15) is 0 Å². The van der Waals surface area contributed by atoms with Gasteiger partial charge in [0.2, 0.25) is 0 Å². The summed E-state index contributed by atoms with van der Waals surface area (Å²) in [6.45, 7) is 16.9. The molecule has 0 aromatic rings. The molecule has 5 nitrogen and oxygen atoms in total. The highest BCUT2D eigenvalue weighted by molar-refractivity contribution is 5.24. The Bertz CT molecular complexity index is 534. The summed E-state index contributed by atoms with van der Waals surface area (Å²) in [4.78, 5) is 0. The highest BCUT2D eigenvalue weighted by Crippen LogP contribution is 2.50. The predicted molar refractivity (Wildman–Crippen MR) is 117 cm³/mol. The first kappa shape index (κ1) is 26.6. The van der Waals surface area contributed by atoms with Crippen molar-refractivity contribution in [3.63, 3.8) is 0 Å². The lowest BCUT2D eigenvalue weighted by Gasteiger charge is -2.48. The van der Waals surface area contributed by atoms with Crippen molar-refractivity contribution in [3.05, 3.63) is 11.6 Å². The second kappa shape index (κ2) is 9.78. The highest BCUT2D eigenvalue weighted by Gasteiger charge is 2.48. The van der Waals surface area contributed by atoms with Gasteiger partial charge in [-0.25, -0.2) is 0 Å². The molecule has 0 spiro atoms. The Labute approximate surface area is 177 Å². The molecule has 3 atom stereocenters. The Morgan fingerprint density at radius 1 is 1.00 bits per heavy atom. The van der Waals surface area contributed by atoms with Crippen molar-refractivity contribution in [1.29, 1.82) is 0 Å². The third-order valence-corrected chi connectivity index (χ3v) is 7.64. The van der Waals surface area contributed by atoms with Gasteiger partial charge in [-0.1, -0.05) is 74.3 Å². The van der Waals surface area contributed by atoms with Gasteiger partial charge in [-0.2, -0.15) is 0 Å². The summed E-state index contributed by atoms with van der Waals surface area (Å²) < 4.78 is 0. The zero-order valence-electron chi connectivity index (χ0n) is 19.8. The number of unbranched alkanes of at least 4 members (excludes halogenated alkanes) is 1. The van der Waals surface area contributed by atoms with E-state index >= 15 is 0 Å². The summed E-state index contributed by atoms with van der Waals surface area (Å²) in [7, 11) is 0. The lowest BCUT2D eigenvalue weighted by atomic mass is 9.59.